The van der Waals surface area contributed by atoms with Crippen LogP contribution in [0.3, 0.4) is 0 Å². The summed E-state index contributed by atoms with van der Waals surface area (Å²) in [5.41, 5.74) is 1.34. The highest BCUT2D eigenvalue weighted by Crippen LogP contribution is 2.30. The van der Waals surface area contributed by atoms with Gasteiger partial charge in [0.2, 0.25) is 0 Å². The third-order valence-electron chi connectivity index (χ3n) is 2.93. The molecule has 1 saturated heterocycles. The molecule has 17 heavy (non-hydrogen) atoms. The Bertz CT molecular complexity index is 529. The van der Waals surface area contributed by atoms with Crippen molar-refractivity contribution in [3.8, 4) is 0 Å². The average molecular weight is 236 g/mol. The third-order valence-corrected chi connectivity index (χ3v) is 2.93. The monoisotopic (exact) mass is 236 g/mol. The van der Waals surface area contributed by atoms with Crippen LogP contribution in [0.15, 0.2) is 18.9 Å². The van der Waals surface area contributed by atoms with Gasteiger partial charge in [0.1, 0.15) is 24.2 Å². The topological polar surface area (TPSA) is 93.3 Å². The van der Waals surface area contributed by atoms with Crippen molar-refractivity contribution in [3.05, 3.63) is 18.9 Å². The molecule has 0 aliphatic carbocycles. The zero-order chi connectivity index (χ0) is 11.8. The molecule has 0 amide bonds. The van der Waals surface area contributed by atoms with Crippen LogP contribution in [0.2, 0.25) is 0 Å². The summed E-state index contributed by atoms with van der Waals surface area (Å²) in [6.45, 7) is -0.195. The molecule has 1 aliphatic heterocycles. The van der Waals surface area contributed by atoms with Crippen LogP contribution in [0.5, 0.6) is 0 Å². The summed E-state index contributed by atoms with van der Waals surface area (Å²) in [5.74, 6) is 0. The molecule has 1 fully saturated rings. The van der Waals surface area contributed by atoms with E-state index in [2.05, 4.69) is 15.0 Å². The Balaban J connectivity index is 1.95. The van der Waals surface area contributed by atoms with Crippen LogP contribution >= 0.6 is 0 Å². The molecular formula is C10H12N4O3. The Morgan fingerprint density at radius 3 is 3.12 bits per heavy atom. The zero-order valence-electron chi connectivity index (χ0n) is 8.97. The van der Waals surface area contributed by atoms with Gasteiger partial charge in [-0.3, -0.25) is 4.57 Å². The van der Waals surface area contributed by atoms with Gasteiger partial charge in [0.05, 0.1) is 25.2 Å². The SMILES string of the molecule is OC[C@H]1O[C@H](n2cnc3cncnc32)C[C@@H]1O. The van der Waals surface area contributed by atoms with Gasteiger partial charge in [-0.2, -0.15) is 0 Å². The van der Waals surface area contributed by atoms with E-state index < -0.39 is 12.2 Å². The Labute approximate surface area is 96.7 Å². The van der Waals surface area contributed by atoms with Crippen LogP contribution in [-0.2, 0) is 4.74 Å². The summed E-state index contributed by atoms with van der Waals surface area (Å²) in [6, 6.07) is 0. The number of aromatic nitrogens is 4. The van der Waals surface area contributed by atoms with Gasteiger partial charge in [0, 0.05) is 6.42 Å². The maximum absolute atomic E-state index is 9.68. The van der Waals surface area contributed by atoms with Crippen molar-refractivity contribution in [3.63, 3.8) is 0 Å². The molecule has 2 aromatic heterocycles. The minimum absolute atomic E-state index is 0.195. The van der Waals surface area contributed by atoms with E-state index in [4.69, 9.17) is 9.84 Å². The van der Waals surface area contributed by atoms with Crippen molar-refractivity contribution >= 4 is 11.2 Å². The minimum Gasteiger partial charge on any atom is -0.394 e. The van der Waals surface area contributed by atoms with E-state index in [0.29, 0.717) is 17.6 Å². The molecule has 7 heteroatoms. The summed E-state index contributed by atoms with van der Waals surface area (Å²) in [4.78, 5) is 12.2. The van der Waals surface area contributed by atoms with Gasteiger partial charge in [-0.1, -0.05) is 0 Å². The molecule has 3 heterocycles. The van der Waals surface area contributed by atoms with E-state index in [1.807, 2.05) is 0 Å². The number of imidazole rings is 1. The third kappa shape index (κ3) is 1.68. The summed E-state index contributed by atoms with van der Waals surface area (Å²) >= 11 is 0. The van der Waals surface area contributed by atoms with Crippen LogP contribution < -0.4 is 0 Å². The summed E-state index contributed by atoms with van der Waals surface area (Å²) < 4.78 is 7.28. The van der Waals surface area contributed by atoms with Gasteiger partial charge >= 0.3 is 0 Å². The van der Waals surface area contributed by atoms with E-state index >= 15 is 0 Å². The Kier molecular flexibility index (Phi) is 2.50. The summed E-state index contributed by atoms with van der Waals surface area (Å²) in [6.07, 6.45) is 3.53. The van der Waals surface area contributed by atoms with Crippen molar-refractivity contribution in [2.24, 2.45) is 0 Å². The largest absolute Gasteiger partial charge is 0.394 e. The molecule has 1 aliphatic rings. The predicted molar refractivity (Wildman–Crippen MR) is 56.9 cm³/mol. The Hall–Kier alpha value is -1.57. The van der Waals surface area contributed by atoms with Crippen molar-refractivity contribution in [2.45, 2.75) is 24.9 Å². The first-order chi connectivity index (χ1) is 8.29. The van der Waals surface area contributed by atoms with E-state index in [-0.39, 0.29) is 12.8 Å². The highest BCUT2D eigenvalue weighted by Gasteiger charge is 2.35. The number of aliphatic hydroxyl groups is 2. The Morgan fingerprint density at radius 1 is 1.47 bits per heavy atom. The van der Waals surface area contributed by atoms with Gasteiger partial charge in [-0.15, -0.1) is 0 Å². The molecule has 0 saturated carbocycles. The molecule has 0 aromatic carbocycles. The molecule has 7 nitrogen and oxygen atoms in total. The first-order valence-corrected chi connectivity index (χ1v) is 5.36. The number of aliphatic hydroxyl groups excluding tert-OH is 2. The van der Waals surface area contributed by atoms with Crippen LogP contribution in [0.4, 0.5) is 0 Å². The van der Waals surface area contributed by atoms with Gasteiger partial charge in [-0.25, -0.2) is 15.0 Å². The molecule has 2 N–H and O–H groups in total. The number of hydrogen-bond acceptors (Lipinski definition) is 6. The lowest BCUT2D eigenvalue weighted by molar-refractivity contribution is -0.0432. The fraction of sp³-hybridized carbons (Fsp3) is 0.500. The second-order valence-corrected chi connectivity index (χ2v) is 4.00. The molecule has 3 atom stereocenters. The number of ether oxygens (including phenoxy) is 1. The van der Waals surface area contributed by atoms with Gasteiger partial charge in [0.25, 0.3) is 0 Å². The predicted octanol–water partition coefficient (Wildman–Crippen LogP) is -0.533. The van der Waals surface area contributed by atoms with Crippen LogP contribution in [0.25, 0.3) is 11.2 Å². The summed E-state index contributed by atoms with van der Waals surface area (Å²) in [7, 11) is 0. The van der Waals surface area contributed by atoms with E-state index in [1.165, 1.54) is 6.33 Å². The fourth-order valence-electron chi connectivity index (χ4n) is 2.05. The summed E-state index contributed by atoms with van der Waals surface area (Å²) in [5, 5.41) is 18.7. The van der Waals surface area contributed by atoms with Crippen molar-refractivity contribution < 1.29 is 14.9 Å². The maximum atomic E-state index is 9.68. The minimum atomic E-state index is -0.663. The van der Waals surface area contributed by atoms with Crippen molar-refractivity contribution in [2.75, 3.05) is 6.61 Å². The molecule has 90 valence electrons. The number of rotatable bonds is 2. The zero-order valence-corrected chi connectivity index (χ0v) is 8.97. The van der Waals surface area contributed by atoms with Crippen molar-refractivity contribution in [1.82, 2.24) is 19.5 Å². The lowest BCUT2D eigenvalue weighted by Gasteiger charge is -2.13. The number of fused-ring (bicyclic) bond motifs is 1. The molecular weight excluding hydrogens is 224 g/mol. The first kappa shape index (κ1) is 10.6. The smallest absolute Gasteiger partial charge is 0.165 e. The van der Waals surface area contributed by atoms with Crippen LogP contribution in [-0.4, -0.2) is 48.5 Å². The number of nitrogens with zero attached hydrogens (tertiary/aromatic N) is 4. The average Bonchev–Trinajstić information content (AvgIpc) is 2.92. The highest BCUT2D eigenvalue weighted by molar-refractivity contribution is 5.68. The molecule has 0 bridgehead atoms. The van der Waals surface area contributed by atoms with Gasteiger partial charge in [-0.05, 0) is 0 Å². The van der Waals surface area contributed by atoms with Crippen LogP contribution in [0, 0.1) is 0 Å². The number of hydrogen-bond donors (Lipinski definition) is 2. The molecule has 0 unspecified atom stereocenters. The van der Waals surface area contributed by atoms with E-state index in [9.17, 15) is 5.11 Å². The lowest BCUT2D eigenvalue weighted by Crippen LogP contribution is -2.24. The molecule has 0 spiro atoms. The van der Waals surface area contributed by atoms with E-state index in [0.717, 1.165) is 0 Å². The van der Waals surface area contributed by atoms with Gasteiger partial charge < -0.3 is 14.9 Å². The Morgan fingerprint density at radius 2 is 2.35 bits per heavy atom. The normalized spacial score (nSPS) is 28.9. The maximum Gasteiger partial charge on any atom is 0.165 e. The fourth-order valence-corrected chi connectivity index (χ4v) is 2.05. The first-order valence-electron chi connectivity index (χ1n) is 5.36. The second kappa shape index (κ2) is 4.02. The standard InChI is InChI=1S/C10H12N4O3/c15-3-8-7(16)1-9(17-8)14-5-13-6-2-11-4-12-10(6)14/h2,4-5,7-9,15-16H,1,3H2/t7-,8+,9-/m0/s1. The molecule has 2 aromatic rings. The second-order valence-electron chi connectivity index (χ2n) is 4.00. The molecule has 3 rings (SSSR count). The quantitative estimate of drug-likeness (QED) is 0.728. The van der Waals surface area contributed by atoms with Gasteiger partial charge in [0.15, 0.2) is 5.65 Å². The lowest BCUT2D eigenvalue weighted by atomic mass is 10.2. The van der Waals surface area contributed by atoms with Crippen molar-refractivity contribution in [1.29, 1.82) is 0 Å². The highest BCUT2D eigenvalue weighted by atomic mass is 16.5. The van der Waals surface area contributed by atoms with E-state index in [1.54, 1.807) is 17.1 Å². The van der Waals surface area contributed by atoms with Crippen LogP contribution in [0.1, 0.15) is 12.6 Å². The molecule has 0 radical (unpaired) electrons.